The van der Waals surface area contributed by atoms with Gasteiger partial charge in [-0.15, -0.1) is 6.58 Å². The van der Waals surface area contributed by atoms with Crippen LogP contribution in [0.5, 0.6) is 5.75 Å². The Morgan fingerprint density at radius 3 is 2.50 bits per heavy atom. The molecule has 1 aromatic carbocycles. The predicted octanol–water partition coefficient (Wildman–Crippen LogP) is 1.51. The molecule has 0 amide bonds. The van der Waals surface area contributed by atoms with Gasteiger partial charge < -0.3 is 4.89 Å². The molecule has 0 aliphatic heterocycles. The van der Waals surface area contributed by atoms with Crippen molar-refractivity contribution >= 4 is 10.1 Å². The maximum Gasteiger partial charge on any atom is 0.306 e. The van der Waals surface area contributed by atoms with Crippen molar-refractivity contribution in [3.63, 3.8) is 0 Å². The summed E-state index contributed by atoms with van der Waals surface area (Å²) in [5.74, 6) is 0.0555. The highest BCUT2D eigenvalue weighted by Crippen LogP contribution is 2.10. The lowest BCUT2D eigenvalue weighted by Gasteiger charge is -2.02. The van der Waals surface area contributed by atoms with Gasteiger partial charge in [0.05, 0.1) is 5.75 Å². The molecule has 1 aromatic rings. The number of hydrogen-bond donors (Lipinski definition) is 0. The molecule has 0 heterocycles. The lowest BCUT2D eigenvalue weighted by Crippen LogP contribution is -2.11. The van der Waals surface area contributed by atoms with Crippen molar-refractivity contribution in [2.24, 2.45) is 0 Å². The molecule has 0 saturated heterocycles. The van der Waals surface area contributed by atoms with E-state index >= 15 is 0 Å². The molecule has 0 unspecified atom stereocenters. The third-order valence-electron chi connectivity index (χ3n) is 1.30. The zero-order valence-electron chi connectivity index (χ0n) is 7.42. The van der Waals surface area contributed by atoms with Crippen LogP contribution in [0.2, 0.25) is 0 Å². The summed E-state index contributed by atoms with van der Waals surface area (Å²) in [5.41, 5.74) is 0. The normalized spacial score (nSPS) is 10.9. The van der Waals surface area contributed by atoms with Crippen LogP contribution in [-0.4, -0.2) is 14.2 Å². The van der Waals surface area contributed by atoms with Crippen molar-refractivity contribution in [3.05, 3.63) is 43.0 Å². The fraction of sp³-hybridized carbons (Fsp3) is 0.111. The van der Waals surface area contributed by atoms with E-state index in [1.54, 1.807) is 30.3 Å². The molecule has 0 aliphatic rings. The Kier molecular flexibility index (Phi) is 3.67. The third kappa shape index (κ3) is 3.59. The Morgan fingerprint density at radius 1 is 1.29 bits per heavy atom. The van der Waals surface area contributed by atoms with Crippen LogP contribution in [0, 0.1) is 0 Å². The van der Waals surface area contributed by atoms with E-state index in [0.717, 1.165) is 0 Å². The first-order chi connectivity index (χ1) is 6.64. The van der Waals surface area contributed by atoms with Crippen molar-refractivity contribution < 1.29 is 17.6 Å². The molecule has 14 heavy (non-hydrogen) atoms. The minimum Gasteiger partial charge on any atom is -0.321 e. The van der Waals surface area contributed by atoms with E-state index in [2.05, 4.69) is 15.8 Å². The molecule has 0 aliphatic carbocycles. The summed E-state index contributed by atoms with van der Waals surface area (Å²) in [6.45, 7) is 3.29. The molecule has 76 valence electrons. The van der Waals surface area contributed by atoms with Crippen molar-refractivity contribution in [1.82, 2.24) is 0 Å². The molecule has 0 saturated carbocycles. The van der Waals surface area contributed by atoms with Crippen LogP contribution in [0.15, 0.2) is 43.0 Å². The second-order valence-corrected chi connectivity index (χ2v) is 4.06. The molecule has 0 N–H and O–H groups in total. The highest BCUT2D eigenvalue weighted by Gasteiger charge is 2.10. The smallest absolute Gasteiger partial charge is 0.306 e. The van der Waals surface area contributed by atoms with Crippen LogP contribution in [0.1, 0.15) is 0 Å². The topological polar surface area (TPSA) is 52.6 Å². The minimum atomic E-state index is -3.67. The highest BCUT2D eigenvalue weighted by molar-refractivity contribution is 7.86. The van der Waals surface area contributed by atoms with Gasteiger partial charge in [-0.2, -0.15) is 8.42 Å². The molecule has 0 radical (unpaired) electrons. The summed E-state index contributed by atoms with van der Waals surface area (Å²) in [5, 5.41) is 0. The fourth-order valence-electron chi connectivity index (χ4n) is 0.739. The summed E-state index contributed by atoms with van der Waals surface area (Å²) in [6, 6.07) is 8.37. The lowest BCUT2D eigenvalue weighted by molar-refractivity contribution is -0.0921. The Balaban J connectivity index is 2.53. The maximum absolute atomic E-state index is 11.0. The molecular formula is C9H10O4S. The van der Waals surface area contributed by atoms with E-state index in [9.17, 15) is 8.42 Å². The Morgan fingerprint density at radius 2 is 1.93 bits per heavy atom. The molecule has 5 heteroatoms. The van der Waals surface area contributed by atoms with Gasteiger partial charge in [0.25, 0.3) is 0 Å². The first-order valence-electron chi connectivity index (χ1n) is 3.89. The van der Waals surface area contributed by atoms with Gasteiger partial charge in [0.2, 0.25) is 0 Å². The zero-order chi connectivity index (χ0) is 10.4. The second-order valence-electron chi connectivity index (χ2n) is 2.48. The Hall–Kier alpha value is -1.33. The largest absolute Gasteiger partial charge is 0.321 e. The molecule has 0 aromatic heterocycles. The van der Waals surface area contributed by atoms with Gasteiger partial charge in [0.15, 0.2) is 5.75 Å². The van der Waals surface area contributed by atoms with E-state index < -0.39 is 10.1 Å². The predicted molar refractivity (Wildman–Crippen MR) is 52.1 cm³/mol. The van der Waals surface area contributed by atoms with Crippen LogP contribution in [0.25, 0.3) is 0 Å². The minimum absolute atomic E-state index is 0.278. The van der Waals surface area contributed by atoms with Gasteiger partial charge >= 0.3 is 10.1 Å². The molecule has 0 fully saturated rings. The van der Waals surface area contributed by atoms with Crippen molar-refractivity contribution in [1.29, 1.82) is 0 Å². The average molecular weight is 214 g/mol. The number of hydrogen-bond acceptors (Lipinski definition) is 4. The van der Waals surface area contributed by atoms with E-state index in [1.807, 2.05) is 0 Å². The van der Waals surface area contributed by atoms with Crippen molar-refractivity contribution in [2.75, 3.05) is 5.75 Å². The van der Waals surface area contributed by atoms with Crippen LogP contribution < -0.4 is 4.89 Å². The standard InChI is InChI=1S/C9H10O4S/c1-2-8-14(10,11)13-12-9-6-4-3-5-7-9/h2-7H,1,8H2. The van der Waals surface area contributed by atoms with E-state index in [0.29, 0.717) is 5.75 Å². The fourth-order valence-corrected chi connectivity index (χ4v) is 1.27. The second kappa shape index (κ2) is 4.78. The quantitative estimate of drug-likeness (QED) is 0.423. The molecule has 4 nitrogen and oxygen atoms in total. The number of para-hydroxylation sites is 1. The molecule has 0 bridgehead atoms. The van der Waals surface area contributed by atoms with E-state index in [-0.39, 0.29) is 5.75 Å². The summed E-state index contributed by atoms with van der Waals surface area (Å²) in [6.07, 6.45) is 1.23. The van der Waals surface area contributed by atoms with E-state index in [1.165, 1.54) is 6.08 Å². The highest BCUT2D eigenvalue weighted by atomic mass is 32.2. The van der Waals surface area contributed by atoms with Gasteiger partial charge in [-0.05, 0) is 12.1 Å². The van der Waals surface area contributed by atoms with Crippen LogP contribution in [-0.2, 0) is 14.5 Å². The average Bonchev–Trinajstić information content (AvgIpc) is 2.17. The van der Waals surface area contributed by atoms with E-state index in [4.69, 9.17) is 0 Å². The Bertz CT molecular complexity index is 383. The first-order valence-corrected chi connectivity index (χ1v) is 5.46. The molecule has 0 spiro atoms. The van der Waals surface area contributed by atoms with Crippen LogP contribution in [0.4, 0.5) is 0 Å². The zero-order valence-corrected chi connectivity index (χ0v) is 8.24. The third-order valence-corrected chi connectivity index (χ3v) is 2.22. The monoisotopic (exact) mass is 214 g/mol. The van der Waals surface area contributed by atoms with Gasteiger partial charge in [-0.25, -0.2) is 0 Å². The number of rotatable bonds is 5. The van der Waals surface area contributed by atoms with Gasteiger partial charge in [0.1, 0.15) is 0 Å². The summed E-state index contributed by atoms with van der Waals surface area (Å²) in [4.78, 5) is 4.59. The van der Waals surface area contributed by atoms with Gasteiger partial charge in [-0.3, -0.25) is 0 Å². The van der Waals surface area contributed by atoms with Gasteiger partial charge in [0, 0.05) is 0 Å². The summed E-state index contributed by atoms with van der Waals surface area (Å²) < 4.78 is 26.2. The summed E-state index contributed by atoms with van der Waals surface area (Å²) in [7, 11) is -3.67. The summed E-state index contributed by atoms with van der Waals surface area (Å²) >= 11 is 0. The van der Waals surface area contributed by atoms with Crippen molar-refractivity contribution in [2.45, 2.75) is 0 Å². The Labute approximate surface area is 82.8 Å². The SMILES string of the molecule is C=CCS(=O)(=O)OOc1ccccc1. The van der Waals surface area contributed by atoms with Crippen molar-refractivity contribution in [3.8, 4) is 5.75 Å². The first kappa shape index (κ1) is 10.7. The van der Waals surface area contributed by atoms with Gasteiger partial charge in [-0.1, -0.05) is 28.6 Å². The lowest BCUT2D eigenvalue weighted by atomic mass is 10.3. The molecule has 1 rings (SSSR count). The molecular weight excluding hydrogens is 204 g/mol. The maximum atomic E-state index is 11.0. The van der Waals surface area contributed by atoms with Crippen LogP contribution >= 0.6 is 0 Å². The van der Waals surface area contributed by atoms with Crippen LogP contribution in [0.3, 0.4) is 0 Å². The number of benzene rings is 1. The molecule has 0 atom stereocenters.